The van der Waals surface area contributed by atoms with Crippen LogP contribution >= 0.6 is 0 Å². The van der Waals surface area contributed by atoms with E-state index in [9.17, 15) is 25.2 Å². The van der Waals surface area contributed by atoms with Crippen molar-refractivity contribution in [1.82, 2.24) is 0 Å². The summed E-state index contributed by atoms with van der Waals surface area (Å²) in [7, 11) is 0. The highest BCUT2D eigenvalue weighted by atomic mass is 16.6. The Morgan fingerprint density at radius 3 is 2.42 bits per heavy atom. The third-order valence-electron chi connectivity index (χ3n) is 15.8. The first kappa shape index (κ1) is 32.7. The number of aliphatic hydroxyl groups excluding tert-OH is 1. The maximum atomic E-state index is 14.1. The highest BCUT2D eigenvalue weighted by molar-refractivity contribution is 6.00. The first-order valence-electron chi connectivity index (χ1n) is 18.3. The van der Waals surface area contributed by atoms with Crippen LogP contribution in [0.4, 0.5) is 0 Å². The average Bonchev–Trinajstić information content (AvgIpc) is 3.75. The van der Waals surface area contributed by atoms with E-state index < -0.39 is 45.9 Å². The van der Waals surface area contributed by atoms with Crippen LogP contribution in [0, 0.1) is 45.8 Å². The minimum Gasteiger partial charge on any atom is -0.393 e. The zero-order valence-corrected chi connectivity index (χ0v) is 28.6. The topological polar surface area (TPSA) is 153 Å². The quantitative estimate of drug-likeness (QED) is 0.237. The van der Waals surface area contributed by atoms with Crippen LogP contribution in [0.3, 0.4) is 0 Å². The van der Waals surface area contributed by atoms with Gasteiger partial charge in [0.1, 0.15) is 18.4 Å². The third kappa shape index (κ3) is 4.44. The van der Waals surface area contributed by atoms with Crippen molar-refractivity contribution in [2.75, 3.05) is 6.54 Å². The van der Waals surface area contributed by atoms with Crippen LogP contribution in [-0.4, -0.2) is 74.0 Å². The van der Waals surface area contributed by atoms with E-state index in [0.717, 1.165) is 69.1 Å². The molecule has 254 valence electrons. The van der Waals surface area contributed by atoms with E-state index >= 15 is 0 Å². The van der Waals surface area contributed by atoms with Crippen molar-refractivity contribution in [3.05, 3.63) is 11.1 Å². The number of fused-ring (bicyclic) bond motifs is 2. The summed E-state index contributed by atoms with van der Waals surface area (Å²) in [5, 5.41) is 50.3. The van der Waals surface area contributed by atoms with Gasteiger partial charge in [0.25, 0.3) is 0 Å². The Bertz CT molecular complexity index is 1260. The molecule has 14 atom stereocenters. The van der Waals surface area contributed by atoms with Gasteiger partial charge in [-0.3, -0.25) is 10.5 Å². The molecule has 7 aliphatic rings. The molecule has 0 aromatic carbocycles. The van der Waals surface area contributed by atoms with Crippen LogP contribution in [0.5, 0.6) is 0 Å². The Morgan fingerprint density at radius 2 is 1.71 bits per heavy atom. The molecule has 2 aliphatic heterocycles. The molecule has 2 saturated heterocycles. The summed E-state index contributed by atoms with van der Waals surface area (Å²) >= 11 is 0. The van der Waals surface area contributed by atoms with Gasteiger partial charge in [0.15, 0.2) is 5.78 Å². The molecule has 14 unspecified atom stereocenters. The molecule has 0 radical (unpaired) electrons. The zero-order chi connectivity index (χ0) is 32.5. The number of carbonyl (C=O) groups is 1. The van der Waals surface area contributed by atoms with Crippen molar-refractivity contribution in [3.63, 3.8) is 0 Å². The number of nitrogens with two attached hydrogens (primary N) is 2. The Balaban J connectivity index is 1.14. The maximum Gasteiger partial charge on any atom is 0.162 e. The largest absolute Gasteiger partial charge is 0.393 e. The second-order valence-corrected chi connectivity index (χ2v) is 18.4. The number of allylic oxidation sites excluding steroid dienone is 1. The second kappa shape index (κ2) is 10.3. The van der Waals surface area contributed by atoms with Gasteiger partial charge >= 0.3 is 0 Å². The third-order valence-corrected chi connectivity index (χ3v) is 15.8. The molecule has 8 heteroatoms. The number of ketones is 1. The number of piperidine rings is 1. The summed E-state index contributed by atoms with van der Waals surface area (Å²) in [6.45, 7) is 13.5. The molecule has 0 aromatic rings. The number of rotatable bonds is 7. The summed E-state index contributed by atoms with van der Waals surface area (Å²) < 4.78 is 6.32. The van der Waals surface area contributed by atoms with Gasteiger partial charge in [-0.25, -0.2) is 0 Å². The number of hydrogen-bond donors (Lipinski definition) is 6. The van der Waals surface area contributed by atoms with Gasteiger partial charge in [0.2, 0.25) is 0 Å². The summed E-state index contributed by atoms with van der Waals surface area (Å²) in [5.41, 5.74) is 3.25. The molecule has 0 spiro atoms. The Labute approximate surface area is 269 Å². The molecular weight excluding hydrogens is 568 g/mol. The van der Waals surface area contributed by atoms with Crippen LogP contribution in [0.1, 0.15) is 119 Å². The molecule has 8 nitrogen and oxygen atoms in total. The number of epoxide rings is 1. The number of ether oxygens (including phenoxy) is 1. The standard InChI is InChI=1S/C37H60N2O6/c1-32(2,13-9-20-12-16-39-27(38)17-20)36(6,43)31-30(45-31)35(5,42)26-18-21-7-8-23-28-24(11-15-34(26,4)37(21,28)44)33(3)14-10-22(40)19-25(33)29(23)41/h20-22,24-27,30-31,39-40,42-44H,7-19,38H2,1-6H3/p+1. The predicted octanol–water partition coefficient (Wildman–Crippen LogP) is 2.94. The minimum atomic E-state index is -1.24. The van der Waals surface area contributed by atoms with Crippen LogP contribution in [-0.2, 0) is 9.53 Å². The lowest BCUT2D eigenvalue weighted by Crippen LogP contribution is -2.94. The molecule has 0 bridgehead atoms. The van der Waals surface area contributed by atoms with Crippen LogP contribution in [0.2, 0.25) is 0 Å². The molecule has 45 heavy (non-hydrogen) atoms. The molecule has 5 fully saturated rings. The monoisotopic (exact) mass is 629 g/mol. The lowest BCUT2D eigenvalue weighted by molar-refractivity contribution is -0.699. The highest BCUT2D eigenvalue weighted by Gasteiger charge is 2.76. The lowest BCUT2D eigenvalue weighted by Gasteiger charge is -2.63. The average molecular weight is 630 g/mol. The first-order valence-corrected chi connectivity index (χ1v) is 18.3. The Morgan fingerprint density at radius 1 is 0.978 bits per heavy atom. The fourth-order valence-electron chi connectivity index (χ4n) is 12.4. The second-order valence-electron chi connectivity index (χ2n) is 18.4. The fourth-order valence-corrected chi connectivity index (χ4v) is 12.4. The SMILES string of the molecule is CC(O)(C1OC1C(C)(O)C(C)(C)CCC1CC[NH2+]C(N)C1)C1CC2CCC3=C4C(CCC1(C)C42O)C1(C)CCC(O)CC1C3=O. The number of carbonyl (C=O) groups excluding carboxylic acids is 1. The number of aliphatic hydroxyl groups is 4. The normalized spacial score (nSPS) is 50.4. The zero-order valence-electron chi connectivity index (χ0n) is 28.6. The van der Waals surface area contributed by atoms with E-state index in [1.54, 1.807) is 0 Å². The minimum absolute atomic E-state index is 0.0177. The van der Waals surface area contributed by atoms with E-state index in [4.69, 9.17) is 10.5 Å². The van der Waals surface area contributed by atoms with Gasteiger partial charge in [0.05, 0.1) is 29.5 Å². The molecule has 8 N–H and O–H groups in total. The summed E-state index contributed by atoms with van der Waals surface area (Å²) in [5.74, 6) is 0.445. The van der Waals surface area contributed by atoms with Crippen molar-refractivity contribution in [2.45, 2.75) is 160 Å². The van der Waals surface area contributed by atoms with E-state index in [1.165, 1.54) is 0 Å². The van der Waals surface area contributed by atoms with Crippen molar-refractivity contribution >= 4 is 5.78 Å². The molecule has 0 aromatic heterocycles. The van der Waals surface area contributed by atoms with Gasteiger partial charge in [-0.15, -0.1) is 0 Å². The summed E-state index contributed by atoms with van der Waals surface area (Å²) in [6.07, 6.45) is 8.59. The van der Waals surface area contributed by atoms with Crippen LogP contribution < -0.4 is 11.1 Å². The van der Waals surface area contributed by atoms with Crippen LogP contribution in [0.15, 0.2) is 11.1 Å². The van der Waals surface area contributed by atoms with Gasteiger partial charge in [-0.1, -0.05) is 27.7 Å². The lowest BCUT2D eigenvalue weighted by atomic mass is 9.42. The molecular formula is C37H61N2O6+. The van der Waals surface area contributed by atoms with Crippen LogP contribution in [0.25, 0.3) is 0 Å². The van der Waals surface area contributed by atoms with Crippen molar-refractivity contribution in [2.24, 2.45) is 51.6 Å². The number of Topliss-reactive ketones (excluding diaryl/α,β-unsaturated/α-hetero) is 1. The van der Waals surface area contributed by atoms with Crippen molar-refractivity contribution in [1.29, 1.82) is 0 Å². The highest BCUT2D eigenvalue weighted by Crippen LogP contribution is 2.73. The molecule has 0 amide bonds. The first-order chi connectivity index (χ1) is 20.9. The van der Waals surface area contributed by atoms with Crippen molar-refractivity contribution in [3.8, 4) is 0 Å². The maximum absolute atomic E-state index is 14.1. The molecule has 7 rings (SSSR count). The van der Waals surface area contributed by atoms with E-state index in [2.05, 4.69) is 33.0 Å². The molecule has 5 aliphatic carbocycles. The van der Waals surface area contributed by atoms with E-state index in [-0.39, 0.29) is 41.0 Å². The summed E-state index contributed by atoms with van der Waals surface area (Å²) in [6, 6.07) is 0. The van der Waals surface area contributed by atoms with Gasteiger partial charge in [-0.2, -0.15) is 0 Å². The Hall–Kier alpha value is -0.870. The predicted molar refractivity (Wildman–Crippen MR) is 171 cm³/mol. The smallest absolute Gasteiger partial charge is 0.162 e. The summed E-state index contributed by atoms with van der Waals surface area (Å²) in [4.78, 5) is 14.1. The molecule has 2 heterocycles. The molecule has 3 saturated carbocycles. The number of quaternary nitrogens is 1. The van der Waals surface area contributed by atoms with Gasteiger partial charge in [0, 0.05) is 17.8 Å². The fraction of sp³-hybridized carbons (Fsp3) is 0.919. The number of hydrogen-bond acceptors (Lipinski definition) is 7. The van der Waals surface area contributed by atoms with Gasteiger partial charge < -0.3 is 30.5 Å². The van der Waals surface area contributed by atoms with Crippen molar-refractivity contribution < 1.29 is 35.3 Å². The van der Waals surface area contributed by atoms with E-state index in [1.807, 2.05) is 13.8 Å². The Kier molecular flexibility index (Phi) is 7.49. The van der Waals surface area contributed by atoms with Gasteiger partial charge in [-0.05, 0) is 130 Å². The van der Waals surface area contributed by atoms with E-state index in [0.29, 0.717) is 31.6 Å².